The van der Waals surface area contributed by atoms with Gasteiger partial charge in [-0.1, -0.05) is 48.2 Å². The first-order valence-electron chi connectivity index (χ1n) is 7.46. The lowest BCUT2D eigenvalue weighted by molar-refractivity contribution is -0.119. The first-order valence-corrected chi connectivity index (χ1v) is 8.44. The summed E-state index contributed by atoms with van der Waals surface area (Å²) in [7, 11) is 0. The Labute approximate surface area is 139 Å². The minimum atomic E-state index is -0.0372. The lowest BCUT2D eigenvalue weighted by Gasteiger charge is -2.13. The van der Waals surface area contributed by atoms with E-state index in [1.54, 1.807) is 0 Å². The maximum Gasteiger partial charge on any atom is 0.257 e. The molecule has 2 aromatic carbocycles. The van der Waals surface area contributed by atoms with Crippen LogP contribution in [0.1, 0.15) is 24.1 Å². The second kappa shape index (κ2) is 6.87. The number of benzene rings is 2. The van der Waals surface area contributed by atoms with Crippen LogP contribution in [0.4, 0.5) is 0 Å². The molecule has 1 heterocycles. The summed E-state index contributed by atoms with van der Waals surface area (Å²) in [5.41, 5.74) is 3.78. The molecule has 3 rings (SSSR count). The van der Waals surface area contributed by atoms with Crippen LogP contribution >= 0.6 is 11.8 Å². The Bertz CT molecular complexity index is 814. The fourth-order valence-corrected chi connectivity index (χ4v) is 2.96. The molecule has 0 unspecified atom stereocenters. The zero-order valence-corrected chi connectivity index (χ0v) is 13.9. The van der Waals surface area contributed by atoms with Crippen molar-refractivity contribution in [2.24, 2.45) is 0 Å². The molecular formula is C18H18N2O2S. The summed E-state index contributed by atoms with van der Waals surface area (Å²) in [6.45, 7) is 3.98. The van der Waals surface area contributed by atoms with Crippen molar-refractivity contribution in [2.45, 2.75) is 25.1 Å². The molecule has 0 aliphatic carbocycles. The van der Waals surface area contributed by atoms with Crippen LogP contribution in [0, 0.1) is 6.92 Å². The fraction of sp³-hybridized carbons (Fsp3) is 0.222. The molecule has 0 aliphatic heterocycles. The number of fused-ring (bicyclic) bond motifs is 1. The second-order valence-corrected chi connectivity index (χ2v) is 6.37. The maximum atomic E-state index is 12.1. The molecule has 1 atom stereocenters. The number of amides is 1. The molecule has 0 saturated heterocycles. The highest BCUT2D eigenvalue weighted by molar-refractivity contribution is 7.99. The number of nitrogens with zero attached hydrogens (tertiary/aromatic N) is 1. The summed E-state index contributed by atoms with van der Waals surface area (Å²) in [6.07, 6.45) is 0. The molecule has 0 saturated carbocycles. The van der Waals surface area contributed by atoms with Gasteiger partial charge in [-0.2, -0.15) is 0 Å². The fourth-order valence-electron chi connectivity index (χ4n) is 2.31. The topological polar surface area (TPSA) is 55.1 Å². The van der Waals surface area contributed by atoms with E-state index in [1.807, 2.05) is 62.4 Å². The van der Waals surface area contributed by atoms with Gasteiger partial charge in [-0.15, -0.1) is 0 Å². The number of carbonyl (C=O) groups excluding carboxylic acids is 1. The highest BCUT2D eigenvalue weighted by Crippen LogP contribution is 2.24. The molecule has 1 aromatic heterocycles. The summed E-state index contributed by atoms with van der Waals surface area (Å²) >= 11 is 1.31. The smallest absolute Gasteiger partial charge is 0.257 e. The third-order valence-electron chi connectivity index (χ3n) is 3.53. The van der Waals surface area contributed by atoms with Crippen LogP contribution in [0.3, 0.4) is 0 Å². The molecule has 1 N–H and O–H groups in total. The van der Waals surface area contributed by atoms with Crippen LogP contribution in [0.15, 0.2) is 58.2 Å². The molecule has 0 spiro atoms. The monoisotopic (exact) mass is 326 g/mol. The lowest BCUT2D eigenvalue weighted by atomic mass is 10.1. The molecule has 5 heteroatoms. The molecule has 23 heavy (non-hydrogen) atoms. The molecule has 4 nitrogen and oxygen atoms in total. The van der Waals surface area contributed by atoms with Crippen LogP contribution in [0.2, 0.25) is 0 Å². The Morgan fingerprint density at radius 3 is 2.83 bits per heavy atom. The van der Waals surface area contributed by atoms with Crippen LogP contribution < -0.4 is 5.32 Å². The van der Waals surface area contributed by atoms with E-state index >= 15 is 0 Å². The standard InChI is InChI=1S/C18H18N2O2S/c1-12-8-9-15-16(10-12)22-18(20-15)23-11-17(21)19-13(2)14-6-4-3-5-7-14/h3-10,13H,11H2,1-2H3,(H,19,21)/t13-/m0/s1. The average Bonchev–Trinajstić information content (AvgIpc) is 2.95. The van der Waals surface area contributed by atoms with Crippen LogP contribution in [0.25, 0.3) is 11.1 Å². The van der Waals surface area contributed by atoms with Crippen LogP contribution in [-0.2, 0) is 4.79 Å². The molecule has 0 bridgehead atoms. The van der Waals surface area contributed by atoms with Gasteiger partial charge in [0.05, 0.1) is 11.8 Å². The summed E-state index contributed by atoms with van der Waals surface area (Å²) < 4.78 is 5.66. The number of carbonyl (C=O) groups is 1. The number of aryl methyl sites for hydroxylation is 1. The van der Waals surface area contributed by atoms with Gasteiger partial charge in [-0.25, -0.2) is 4.98 Å². The van der Waals surface area contributed by atoms with E-state index in [-0.39, 0.29) is 17.7 Å². The van der Waals surface area contributed by atoms with Crippen LogP contribution in [0.5, 0.6) is 0 Å². The molecule has 0 aliphatic rings. The van der Waals surface area contributed by atoms with E-state index in [0.29, 0.717) is 5.22 Å². The third-order valence-corrected chi connectivity index (χ3v) is 4.36. The largest absolute Gasteiger partial charge is 0.431 e. The Kier molecular flexibility index (Phi) is 4.67. The summed E-state index contributed by atoms with van der Waals surface area (Å²) in [5.74, 6) is 0.244. The SMILES string of the molecule is Cc1ccc2nc(SCC(=O)N[C@@H](C)c3ccccc3)oc2c1. The number of oxazole rings is 1. The molecule has 118 valence electrons. The zero-order valence-electron chi connectivity index (χ0n) is 13.1. The van der Waals surface area contributed by atoms with E-state index in [1.165, 1.54) is 11.8 Å². The third kappa shape index (κ3) is 3.93. The van der Waals surface area contributed by atoms with Gasteiger partial charge in [0.2, 0.25) is 5.91 Å². The first kappa shape index (κ1) is 15.6. The number of rotatable bonds is 5. The minimum Gasteiger partial charge on any atom is -0.431 e. The Morgan fingerprint density at radius 1 is 1.26 bits per heavy atom. The van der Waals surface area contributed by atoms with Gasteiger partial charge in [0.1, 0.15) is 5.52 Å². The zero-order chi connectivity index (χ0) is 16.2. The average molecular weight is 326 g/mol. The van der Waals surface area contributed by atoms with Crippen molar-refractivity contribution < 1.29 is 9.21 Å². The maximum absolute atomic E-state index is 12.1. The number of hydrogen-bond donors (Lipinski definition) is 1. The minimum absolute atomic E-state index is 0.0180. The number of thioether (sulfide) groups is 1. The highest BCUT2D eigenvalue weighted by Gasteiger charge is 2.12. The van der Waals surface area contributed by atoms with Crippen LogP contribution in [-0.4, -0.2) is 16.6 Å². The summed E-state index contributed by atoms with van der Waals surface area (Å²) in [5, 5.41) is 3.50. The molecule has 1 amide bonds. The van der Waals surface area contributed by atoms with E-state index in [0.717, 1.165) is 22.2 Å². The predicted octanol–water partition coefficient (Wildman–Crippen LogP) is 4.11. The van der Waals surface area contributed by atoms with E-state index in [9.17, 15) is 4.79 Å². The van der Waals surface area contributed by atoms with Gasteiger partial charge in [0.15, 0.2) is 5.58 Å². The lowest BCUT2D eigenvalue weighted by Crippen LogP contribution is -2.28. The summed E-state index contributed by atoms with van der Waals surface area (Å²) in [6, 6.07) is 15.7. The van der Waals surface area contributed by atoms with E-state index in [2.05, 4.69) is 10.3 Å². The van der Waals surface area contributed by atoms with Gasteiger partial charge in [0.25, 0.3) is 5.22 Å². The van der Waals surface area contributed by atoms with E-state index in [4.69, 9.17) is 4.42 Å². The van der Waals surface area contributed by atoms with Crippen molar-refractivity contribution in [3.05, 3.63) is 59.7 Å². The van der Waals surface area contributed by atoms with Crippen molar-refractivity contribution in [2.75, 3.05) is 5.75 Å². The van der Waals surface area contributed by atoms with Crippen molar-refractivity contribution >= 4 is 28.8 Å². The quantitative estimate of drug-likeness (QED) is 0.717. The first-order chi connectivity index (χ1) is 11.1. The molecule has 3 aromatic rings. The molecule has 0 radical (unpaired) electrons. The second-order valence-electron chi connectivity index (χ2n) is 5.44. The van der Waals surface area contributed by atoms with Gasteiger partial charge >= 0.3 is 0 Å². The molecular weight excluding hydrogens is 308 g/mol. The normalized spacial score (nSPS) is 12.3. The van der Waals surface area contributed by atoms with E-state index < -0.39 is 0 Å². The Balaban J connectivity index is 1.57. The van der Waals surface area contributed by atoms with Crippen molar-refractivity contribution in [1.29, 1.82) is 0 Å². The molecule has 0 fully saturated rings. The van der Waals surface area contributed by atoms with Gasteiger partial charge in [0, 0.05) is 0 Å². The predicted molar refractivity (Wildman–Crippen MR) is 92.5 cm³/mol. The van der Waals surface area contributed by atoms with Gasteiger partial charge < -0.3 is 9.73 Å². The van der Waals surface area contributed by atoms with Crippen molar-refractivity contribution in [1.82, 2.24) is 10.3 Å². The Hall–Kier alpha value is -2.27. The highest BCUT2D eigenvalue weighted by atomic mass is 32.2. The van der Waals surface area contributed by atoms with Crippen molar-refractivity contribution in [3.8, 4) is 0 Å². The number of nitrogens with one attached hydrogen (secondary N) is 1. The number of aromatic nitrogens is 1. The van der Waals surface area contributed by atoms with Gasteiger partial charge in [-0.05, 0) is 37.1 Å². The van der Waals surface area contributed by atoms with Crippen molar-refractivity contribution in [3.63, 3.8) is 0 Å². The number of hydrogen-bond acceptors (Lipinski definition) is 4. The summed E-state index contributed by atoms with van der Waals surface area (Å²) in [4.78, 5) is 16.4. The van der Waals surface area contributed by atoms with Gasteiger partial charge in [-0.3, -0.25) is 4.79 Å². The Morgan fingerprint density at radius 2 is 2.04 bits per heavy atom.